The lowest BCUT2D eigenvalue weighted by molar-refractivity contribution is 1.58. The van der Waals surface area contributed by atoms with Crippen molar-refractivity contribution < 1.29 is 0 Å². The zero-order chi connectivity index (χ0) is 4.50. The van der Waals surface area contributed by atoms with E-state index in [0.29, 0.717) is 0 Å². The van der Waals surface area contributed by atoms with Crippen LogP contribution in [0, 0.1) is 0 Å². The Morgan fingerprint density at radius 1 is 1.00 bits per heavy atom. The third-order valence-electron chi connectivity index (χ3n) is 0. The molecule has 2 N–H and O–H groups in total. The molecule has 0 saturated carbocycles. The fourth-order valence-electron chi connectivity index (χ4n) is 0. The summed E-state index contributed by atoms with van der Waals surface area (Å²) in [4.78, 5) is 0. The van der Waals surface area contributed by atoms with Crippen LogP contribution in [0.15, 0.2) is 0 Å². The molecule has 0 heterocycles. The van der Waals surface area contributed by atoms with Crippen LogP contribution in [-0.4, -0.2) is 8.24 Å². The highest BCUT2D eigenvalue weighted by atomic mass is 35.5. The van der Waals surface area contributed by atoms with Gasteiger partial charge in [0.25, 0.3) is 0 Å². The molecule has 0 spiro atoms. The Hall–Kier alpha value is 0.757. The van der Waals surface area contributed by atoms with Gasteiger partial charge in [0.2, 0.25) is 0 Å². The van der Waals surface area contributed by atoms with E-state index in [1.54, 1.807) is 0 Å². The van der Waals surface area contributed by atoms with Gasteiger partial charge in [-0.1, -0.05) is 19.6 Å². The minimum Gasteiger partial charge on any atom is -0.351 e. The van der Waals surface area contributed by atoms with Gasteiger partial charge in [0, 0.05) is 0 Å². The fraction of sp³-hybridized carbons (Fsp3) is 1.00. The van der Waals surface area contributed by atoms with Gasteiger partial charge in [0.1, 0.15) is 8.24 Å². The fourth-order valence-corrected chi connectivity index (χ4v) is 0. The van der Waals surface area contributed by atoms with Crippen LogP contribution in [0.3, 0.4) is 0 Å². The molecule has 0 amide bonds. The van der Waals surface area contributed by atoms with Gasteiger partial charge in [-0.15, -0.1) is 24.8 Å². The highest BCUT2D eigenvalue weighted by Crippen LogP contribution is 1.83. The van der Waals surface area contributed by atoms with E-state index < -0.39 is 8.24 Å². The molecule has 0 aromatic carbocycles. The number of halogens is 2. The average molecular weight is 162 g/mol. The lowest BCUT2D eigenvalue weighted by atomic mass is 11.8. The number of nitrogens with two attached hydrogens (primary N) is 1. The van der Waals surface area contributed by atoms with E-state index in [0.717, 1.165) is 0 Å². The van der Waals surface area contributed by atoms with E-state index in [1.165, 1.54) is 0 Å². The molecule has 0 aromatic rings. The summed E-state index contributed by atoms with van der Waals surface area (Å²) in [6.07, 6.45) is 0. The topological polar surface area (TPSA) is 26.0 Å². The molecule has 0 atom stereocenters. The first-order valence-electron chi connectivity index (χ1n) is 1.79. The smallest absolute Gasteiger partial charge is 0.113 e. The first-order chi connectivity index (χ1) is 2.00. The summed E-state index contributed by atoms with van der Waals surface area (Å²) in [6.45, 7) is 6.31. The van der Waals surface area contributed by atoms with E-state index in [-0.39, 0.29) is 24.8 Å². The van der Waals surface area contributed by atoms with Gasteiger partial charge < -0.3 is 5.40 Å². The minimum atomic E-state index is -1.11. The summed E-state index contributed by atoms with van der Waals surface area (Å²) < 4.78 is 0. The molecular weight excluding hydrogens is 149 g/mol. The van der Waals surface area contributed by atoms with Gasteiger partial charge in [-0.3, -0.25) is 0 Å². The molecular formula is C3H13Cl2NSi. The Morgan fingerprint density at radius 3 is 1.00 bits per heavy atom. The third kappa shape index (κ3) is 267. The molecule has 0 aliphatic carbocycles. The molecule has 0 unspecified atom stereocenters. The molecule has 4 heteroatoms. The summed E-state index contributed by atoms with van der Waals surface area (Å²) in [6, 6.07) is 0. The van der Waals surface area contributed by atoms with Gasteiger partial charge in [0.05, 0.1) is 0 Å². The first-order valence-corrected chi connectivity index (χ1v) is 5.37. The highest BCUT2D eigenvalue weighted by Gasteiger charge is 2.00. The molecule has 0 bridgehead atoms. The van der Waals surface area contributed by atoms with E-state index in [2.05, 4.69) is 19.6 Å². The Bertz CT molecular complexity index is 28.4. The Morgan fingerprint density at radius 2 is 1.00 bits per heavy atom. The summed E-state index contributed by atoms with van der Waals surface area (Å²) in [5, 5.41) is 5.49. The summed E-state index contributed by atoms with van der Waals surface area (Å²) in [5.74, 6) is 0. The Kier molecular flexibility index (Phi) is 11.0. The van der Waals surface area contributed by atoms with Crippen LogP contribution in [0.2, 0.25) is 19.6 Å². The van der Waals surface area contributed by atoms with Crippen molar-refractivity contribution in [3.8, 4) is 0 Å². The van der Waals surface area contributed by atoms with Crippen LogP contribution >= 0.6 is 24.8 Å². The number of rotatable bonds is 0. The maximum Gasteiger partial charge on any atom is 0.113 e. The predicted molar refractivity (Wildman–Crippen MR) is 42.0 cm³/mol. The summed E-state index contributed by atoms with van der Waals surface area (Å²) in [7, 11) is -1.11. The molecule has 7 heavy (non-hydrogen) atoms. The molecule has 48 valence electrons. The molecule has 0 saturated heterocycles. The Labute approximate surface area is 58.6 Å². The zero-order valence-electron chi connectivity index (χ0n) is 4.89. The lowest BCUT2D eigenvalue weighted by Gasteiger charge is -2.02. The van der Waals surface area contributed by atoms with Crippen LogP contribution in [0.1, 0.15) is 0 Å². The third-order valence-corrected chi connectivity index (χ3v) is 0. The molecule has 0 radical (unpaired) electrons. The monoisotopic (exact) mass is 161 g/mol. The Balaban J connectivity index is -0.0000000800. The standard InChI is InChI=1S/C3H11NSi.2ClH/c1-5(2,3)4;;/h4H2,1-3H3;2*1H. The van der Waals surface area contributed by atoms with Crippen molar-refractivity contribution >= 4 is 33.0 Å². The highest BCUT2D eigenvalue weighted by molar-refractivity contribution is 6.72. The van der Waals surface area contributed by atoms with Crippen LogP contribution in [0.4, 0.5) is 0 Å². The number of hydrogen-bond acceptors (Lipinski definition) is 1. The minimum absolute atomic E-state index is 0. The van der Waals surface area contributed by atoms with E-state index in [9.17, 15) is 0 Å². The molecule has 0 aliphatic heterocycles. The van der Waals surface area contributed by atoms with Crippen LogP contribution in [-0.2, 0) is 0 Å². The molecule has 0 fully saturated rings. The summed E-state index contributed by atoms with van der Waals surface area (Å²) >= 11 is 0. The zero-order valence-corrected chi connectivity index (χ0v) is 7.53. The van der Waals surface area contributed by atoms with Gasteiger partial charge in [-0.05, 0) is 0 Å². The van der Waals surface area contributed by atoms with Gasteiger partial charge >= 0.3 is 0 Å². The SMILES string of the molecule is C[Si](C)(C)N.Cl.Cl. The average Bonchev–Trinajstić information content (AvgIpc) is 0.722. The molecule has 0 aromatic heterocycles. The van der Waals surface area contributed by atoms with Crippen molar-refractivity contribution in [1.29, 1.82) is 0 Å². The summed E-state index contributed by atoms with van der Waals surface area (Å²) in [5.41, 5.74) is 0. The molecule has 1 nitrogen and oxygen atoms in total. The normalized spacial score (nSPS) is 8.57. The van der Waals surface area contributed by atoms with Crippen molar-refractivity contribution in [1.82, 2.24) is 0 Å². The van der Waals surface area contributed by atoms with Gasteiger partial charge in [-0.25, -0.2) is 0 Å². The second-order valence-electron chi connectivity index (χ2n) is 2.37. The van der Waals surface area contributed by atoms with Crippen LogP contribution in [0.25, 0.3) is 0 Å². The second kappa shape index (κ2) is 4.90. The first kappa shape index (κ1) is 15.7. The maximum absolute atomic E-state index is 5.49. The van der Waals surface area contributed by atoms with Crippen LogP contribution < -0.4 is 5.40 Å². The van der Waals surface area contributed by atoms with E-state index in [4.69, 9.17) is 5.40 Å². The lowest BCUT2D eigenvalue weighted by Crippen LogP contribution is -2.32. The van der Waals surface area contributed by atoms with Crippen molar-refractivity contribution in [3.63, 3.8) is 0 Å². The maximum atomic E-state index is 5.49. The second-order valence-corrected chi connectivity index (χ2v) is 7.10. The quantitative estimate of drug-likeness (QED) is 0.538. The largest absolute Gasteiger partial charge is 0.351 e. The van der Waals surface area contributed by atoms with E-state index in [1.807, 2.05) is 0 Å². The van der Waals surface area contributed by atoms with Crippen molar-refractivity contribution in [3.05, 3.63) is 0 Å². The molecule has 0 aliphatic rings. The number of hydrogen-bond donors (Lipinski definition) is 1. The van der Waals surface area contributed by atoms with Crippen molar-refractivity contribution in [2.75, 3.05) is 0 Å². The van der Waals surface area contributed by atoms with Crippen LogP contribution in [0.5, 0.6) is 0 Å². The molecule has 0 rings (SSSR count). The van der Waals surface area contributed by atoms with Crippen molar-refractivity contribution in [2.24, 2.45) is 5.40 Å². The van der Waals surface area contributed by atoms with Gasteiger partial charge in [-0.2, -0.15) is 0 Å². The van der Waals surface area contributed by atoms with E-state index >= 15 is 0 Å². The van der Waals surface area contributed by atoms with Gasteiger partial charge in [0.15, 0.2) is 0 Å². The van der Waals surface area contributed by atoms with Crippen molar-refractivity contribution in [2.45, 2.75) is 19.6 Å². The predicted octanol–water partition coefficient (Wildman–Crippen LogP) is 1.62.